The molecule has 3 atom stereocenters. The van der Waals surface area contributed by atoms with Gasteiger partial charge in [-0.2, -0.15) is 0 Å². The fraction of sp³-hybridized carbons (Fsp3) is 0.911. The molecule has 0 bridgehead atoms. The molecule has 1 amide bonds. The molecule has 0 spiro atoms. The van der Waals surface area contributed by atoms with Crippen molar-refractivity contribution >= 4 is 11.9 Å². The van der Waals surface area contributed by atoms with E-state index in [9.17, 15) is 19.8 Å². The monoisotopic (exact) mass is 722 g/mol. The maximum Gasteiger partial charge on any atom is 0.306 e. The minimum absolute atomic E-state index is 0.0787. The summed E-state index contributed by atoms with van der Waals surface area (Å²) in [4.78, 5) is 25.8. The highest BCUT2D eigenvalue weighted by atomic mass is 16.5. The number of allylic oxidation sites excluding steroid dienone is 2. The maximum absolute atomic E-state index is 13.0. The van der Waals surface area contributed by atoms with Crippen molar-refractivity contribution in [1.82, 2.24) is 5.32 Å². The number of unbranched alkanes of at least 4 members (excludes halogenated alkanes) is 26. The normalized spacial score (nSPS) is 13.4. The Morgan fingerprint density at radius 3 is 1.47 bits per heavy atom. The van der Waals surface area contributed by atoms with Crippen molar-refractivity contribution in [1.29, 1.82) is 0 Å². The first-order valence-corrected chi connectivity index (χ1v) is 22.4. The number of hydrogen-bond donors (Lipinski definition) is 3. The second kappa shape index (κ2) is 39.8. The lowest BCUT2D eigenvalue weighted by Crippen LogP contribution is -2.46. The molecule has 0 rings (SSSR count). The maximum atomic E-state index is 13.0. The first-order chi connectivity index (χ1) is 25.0. The van der Waals surface area contributed by atoms with Gasteiger partial charge in [-0.3, -0.25) is 9.59 Å². The summed E-state index contributed by atoms with van der Waals surface area (Å²) in [5.74, 6) is -0.483. The van der Waals surface area contributed by atoms with Crippen molar-refractivity contribution < 1.29 is 24.5 Å². The predicted molar refractivity (Wildman–Crippen MR) is 218 cm³/mol. The summed E-state index contributed by atoms with van der Waals surface area (Å²) in [6.45, 7) is 6.39. The van der Waals surface area contributed by atoms with Crippen molar-refractivity contribution in [3.63, 3.8) is 0 Å². The fourth-order valence-corrected chi connectivity index (χ4v) is 6.90. The number of esters is 1. The number of hydrogen-bond acceptors (Lipinski definition) is 5. The number of carbonyl (C=O) groups excluding carboxylic acids is 2. The van der Waals surface area contributed by atoms with Gasteiger partial charge >= 0.3 is 5.97 Å². The third-order valence-corrected chi connectivity index (χ3v) is 10.3. The molecule has 6 heteroatoms. The molecule has 3 unspecified atom stereocenters. The summed E-state index contributed by atoms with van der Waals surface area (Å²) in [5, 5.41) is 23.6. The van der Waals surface area contributed by atoms with E-state index in [0.29, 0.717) is 19.3 Å². The van der Waals surface area contributed by atoms with Gasteiger partial charge in [-0.25, -0.2) is 0 Å². The van der Waals surface area contributed by atoms with E-state index in [2.05, 4.69) is 38.2 Å². The van der Waals surface area contributed by atoms with Gasteiger partial charge in [0.25, 0.3) is 0 Å². The van der Waals surface area contributed by atoms with E-state index in [4.69, 9.17) is 4.74 Å². The lowest BCUT2D eigenvalue weighted by Gasteiger charge is -2.24. The summed E-state index contributed by atoms with van der Waals surface area (Å²) in [6, 6.07) is -0.693. The molecular weight excluding hydrogens is 634 g/mol. The van der Waals surface area contributed by atoms with E-state index in [-0.39, 0.29) is 24.9 Å². The highest BCUT2D eigenvalue weighted by molar-refractivity contribution is 5.77. The zero-order valence-corrected chi connectivity index (χ0v) is 34.3. The van der Waals surface area contributed by atoms with Crippen LogP contribution in [0.2, 0.25) is 0 Å². The van der Waals surface area contributed by atoms with Crippen LogP contribution in [0.25, 0.3) is 0 Å². The van der Waals surface area contributed by atoms with Gasteiger partial charge in [0.05, 0.1) is 25.2 Å². The van der Waals surface area contributed by atoms with Gasteiger partial charge in [0.1, 0.15) is 6.10 Å². The van der Waals surface area contributed by atoms with Crippen LogP contribution in [0, 0.1) is 0 Å². The SMILES string of the molecule is CCC/C=C\CCCCCCCC(=O)OC(CCCCCCCCC)CC(=O)NC(CO)C(O)CCCCCCCCCCCCCCCCC. The number of ether oxygens (including phenoxy) is 1. The molecule has 0 saturated carbocycles. The summed E-state index contributed by atoms with van der Waals surface area (Å²) in [5.41, 5.74) is 0. The summed E-state index contributed by atoms with van der Waals surface area (Å²) >= 11 is 0. The van der Waals surface area contributed by atoms with E-state index >= 15 is 0 Å². The number of carbonyl (C=O) groups is 2. The van der Waals surface area contributed by atoms with Crippen LogP contribution in [0.15, 0.2) is 12.2 Å². The first-order valence-electron chi connectivity index (χ1n) is 22.4. The lowest BCUT2D eigenvalue weighted by atomic mass is 10.0. The van der Waals surface area contributed by atoms with Gasteiger partial charge in [-0.1, -0.05) is 193 Å². The van der Waals surface area contributed by atoms with Crippen LogP contribution >= 0.6 is 0 Å². The molecule has 0 radical (unpaired) electrons. The molecule has 0 aromatic rings. The second-order valence-electron chi connectivity index (χ2n) is 15.5. The third-order valence-electron chi connectivity index (χ3n) is 10.3. The quantitative estimate of drug-likeness (QED) is 0.0332. The number of amides is 1. The minimum atomic E-state index is -0.780. The summed E-state index contributed by atoms with van der Waals surface area (Å²) < 4.78 is 5.85. The molecule has 0 aliphatic heterocycles. The Morgan fingerprint density at radius 2 is 0.980 bits per heavy atom. The highest BCUT2D eigenvalue weighted by Crippen LogP contribution is 2.18. The molecule has 51 heavy (non-hydrogen) atoms. The van der Waals surface area contributed by atoms with Gasteiger partial charge in [-0.05, 0) is 44.9 Å². The van der Waals surface area contributed by atoms with Gasteiger partial charge in [0.2, 0.25) is 5.91 Å². The zero-order chi connectivity index (χ0) is 37.5. The molecule has 6 nitrogen and oxygen atoms in total. The van der Waals surface area contributed by atoms with Crippen molar-refractivity contribution in [2.24, 2.45) is 0 Å². The molecule has 0 saturated heterocycles. The lowest BCUT2D eigenvalue weighted by molar-refractivity contribution is -0.151. The molecule has 3 N–H and O–H groups in total. The van der Waals surface area contributed by atoms with Crippen LogP contribution in [-0.4, -0.2) is 46.9 Å². The fourth-order valence-electron chi connectivity index (χ4n) is 6.90. The van der Waals surface area contributed by atoms with E-state index < -0.39 is 18.2 Å². The van der Waals surface area contributed by atoms with Gasteiger partial charge in [-0.15, -0.1) is 0 Å². The predicted octanol–water partition coefficient (Wildman–Crippen LogP) is 12.6. The van der Waals surface area contributed by atoms with Crippen molar-refractivity contribution in [2.75, 3.05) is 6.61 Å². The van der Waals surface area contributed by atoms with Crippen LogP contribution < -0.4 is 5.32 Å². The van der Waals surface area contributed by atoms with Gasteiger partial charge in [0, 0.05) is 6.42 Å². The standard InChI is InChI=1S/C45H87NO5/c1-4-7-10-13-16-18-20-21-22-23-24-25-28-31-34-37-43(48)42(40-47)46-44(49)39-41(36-33-30-27-15-12-9-6-3)51-45(50)38-35-32-29-26-19-17-14-11-8-5-2/h11,14,41-43,47-48H,4-10,12-13,15-40H2,1-3H3,(H,46,49)/b14-11-. The van der Waals surface area contributed by atoms with Crippen molar-refractivity contribution in [3.8, 4) is 0 Å². The Kier molecular flexibility index (Phi) is 38.7. The largest absolute Gasteiger partial charge is 0.462 e. The molecule has 0 aromatic carbocycles. The second-order valence-corrected chi connectivity index (χ2v) is 15.5. The summed E-state index contributed by atoms with van der Waals surface area (Å²) in [7, 11) is 0. The third kappa shape index (κ3) is 35.4. The highest BCUT2D eigenvalue weighted by Gasteiger charge is 2.24. The number of aliphatic hydroxyl groups is 2. The van der Waals surface area contributed by atoms with Crippen LogP contribution in [0.3, 0.4) is 0 Å². The van der Waals surface area contributed by atoms with Crippen LogP contribution in [0.4, 0.5) is 0 Å². The average molecular weight is 722 g/mol. The van der Waals surface area contributed by atoms with E-state index in [1.165, 1.54) is 135 Å². The Labute approximate surface area is 317 Å². The Bertz CT molecular complexity index is 772. The van der Waals surface area contributed by atoms with Gasteiger partial charge in [0.15, 0.2) is 0 Å². The van der Waals surface area contributed by atoms with Gasteiger partial charge < -0.3 is 20.3 Å². The molecular formula is C45H87NO5. The Morgan fingerprint density at radius 1 is 0.549 bits per heavy atom. The molecule has 0 aliphatic rings. The summed E-state index contributed by atoms with van der Waals surface area (Å²) in [6.07, 6.45) is 41.4. The minimum Gasteiger partial charge on any atom is -0.462 e. The Hall–Kier alpha value is -1.40. The topological polar surface area (TPSA) is 95.9 Å². The Balaban J connectivity index is 4.38. The van der Waals surface area contributed by atoms with Crippen LogP contribution in [0.5, 0.6) is 0 Å². The molecule has 0 aromatic heterocycles. The van der Waals surface area contributed by atoms with E-state index in [1.807, 2.05) is 0 Å². The van der Waals surface area contributed by atoms with Crippen molar-refractivity contribution in [2.45, 2.75) is 257 Å². The average Bonchev–Trinajstić information content (AvgIpc) is 3.12. The van der Waals surface area contributed by atoms with E-state index in [1.54, 1.807) is 0 Å². The number of aliphatic hydroxyl groups excluding tert-OH is 2. The number of nitrogens with one attached hydrogen (secondary N) is 1. The smallest absolute Gasteiger partial charge is 0.306 e. The molecule has 302 valence electrons. The van der Waals surface area contributed by atoms with Crippen LogP contribution in [0.1, 0.15) is 239 Å². The zero-order valence-electron chi connectivity index (χ0n) is 34.3. The number of rotatable bonds is 40. The van der Waals surface area contributed by atoms with Crippen molar-refractivity contribution in [3.05, 3.63) is 12.2 Å². The molecule has 0 heterocycles. The van der Waals surface area contributed by atoms with E-state index in [0.717, 1.165) is 57.8 Å². The first kappa shape index (κ1) is 49.6. The van der Waals surface area contributed by atoms with Crippen LogP contribution in [-0.2, 0) is 14.3 Å². The molecule has 0 fully saturated rings. The molecule has 0 aliphatic carbocycles.